The van der Waals surface area contributed by atoms with Gasteiger partial charge in [-0.3, -0.25) is 4.79 Å². The van der Waals surface area contributed by atoms with Crippen molar-refractivity contribution in [3.63, 3.8) is 0 Å². The van der Waals surface area contributed by atoms with E-state index in [0.717, 1.165) is 18.9 Å². The monoisotopic (exact) mass is 207 g/mol. The van der Waals surface area contributed by atoms with Crippen LogP contribution in [0.4, 0.5) is 5.82 Å². The van der Waals surface area contributed by atoms with Crippen molar-refractivity contribution in [1.82, 2.24) is 9.97 Å². The van der Waals surface area contributed by atoms with Gasteiger partial charge in [0.25, 0.3) is 5.56 Å². The average Bonchev–Trinajstić information content (AvgIpc) is 2.16. The van der Waals surface area contributed by atoms with Crippen molar-refractivity contribution in [2.24, 2.45) is 5.41 Å². The van der Waals surface area contributed by atoms with E-state index in [1.165, 1.54) is 19.2 Å². The van der Waals surface area contributed by atoms with Crippen molar-refractivity contribution in [2.45, 2.75) is 26.7 Å². The lowest BCUT2D eigenvalue weighted by Gasteiger charge is -2.38. The number of H-pyrrole nitrogens is 1. The minimum Gasteiger partial charge on any atom is -0.356 e. The topological polar surface area (TPSA) is 49.0 Å². The van der Waals surface area contributed by atoms with Gasteiger partial charge in [0.05, 0.1) is 6.33 Å². The second-order valence-electron chi connectivity index (χ2n) is 4.96. The van der Waals surface area contributed by atoms with Crippen LogP contribution in [0.2, 0.25) is 0 Å². The highest BCUT2D eigenvalue weighted by Crippen LogP contribution is 2.30. The summed E-state index contributed by atoms with van der Waals surface area (Å²) in [5.41, 5.74) is 0.242. The summed E-state index contributed by atoms with van der Waals surface area (Å²) in [7, 11) is 0. The number of rotatable bonds is 1. The van der Waals surface area contributed by atoms with Gasteiger partial charge in [-0.1, -0.05) is 13.8 Å². The van der Waals surface area contributed by atoms with Gasteiger partial charge in [0.1, 0.15) is 5.82 Å². The lowest BCUT2D eigenvalue weighted by Crippen LogP contribution is -2.40. The Bertz CT molecular complexity index is 397. The van der Waals surface area contributed by atoms with E-state index in [-0.39, 0.29) is 5.56 Å². The van der Waals surface area contributed by atoms with Crippen LogP contribution >= 0.6 is 0 Å². The molecule has 1 N–H and O–H groups in total. The molecule has 0 saturated carbocycles. The molecular weight excluding hydrogens is 190 g/mol. The van der Waals surface area contributed by atoms with Crippen LogP contribution in [0.25, 0.3) is 0 Å². The maximum atomic E-state index is 11.2. The summed E-state index contributed by atoms with van der Waals surface area (Å²) in [5.74, 6) is 0.798. The van der Waals surface area contributed by atoms with Crippen LogP contribution in [0.1, 0.15) is 26.7 Å². The largest absolute Gasteiger partial charge is 0.356 e. The number of aromatic amines is 1. The molecule has 4 nitrogen and oxygen atoms in total. The highest BCUT2D eigenvalue weighted by molar-refractivity contribution is 5.37. The molecule has 1 saturated heterocycles. The minimum atomic E-state index is -0.0802. The fraction of sp³-hybridized carbons (Fsp3) is 0.636. The van der Waals surface area contributed by atoms with E-state index in [1.54, 1.807) is 6.07 Å². The maximum Gasteiger partial charge on any atom is 0.252 e. The smallest absolute Gasteiger partial charge is 0.252 e. The predicted octanol–water partition coefficient (Wildman–Crippen LogP) is 1.40. The Morgan fingerprint density at radius 3 is 3.00 bits per heavy atom. The molecule has 1 aliphatic heterocycles. The third-order valence-electron chi connectivity index (χ3n) is 2.89. The maximum absolute atomic E-state index is 11.2. The molecule has 1 aliphatic rings. The van der Waals surface area contributed by atoms with Crippen molar-refractivity contribution < 1.29 is 0 Å². The first-order chi connectivity index (χ1) is 7.07. The fourth-order valence-electron chi connectivity index (χ4n) is 2.15. The zero-order valence-corrected chi connectivity index (χ0v) is 9.29. The van der Waals surface area contributed by atoms with Gasteiger partial charge in [-0.05, 0) is 18.3 Å². The summed E-state index contributed by atoms with van der Waals surface area (Å²) < 4.78 is 0. The zero-order chi connectivity index (χ0) is 10.9. The normalized spacial score (nSPS) is 20.3. The van der Waals surface area contributed by atoms with Gasteiger partial charge < -0.3 is 9.88 Å². The lowest BCUT2D eigenvalue weighted by atomic mass is 9.84. The average molecular weight is 207 g/mol. The molecule has 0 atom stereocenters. The first-order valence-corrected chi connectivity index (χ1v) is 5.37. The van der Waals surface area contributed by atoms with E-state index >= 15 is 0 Å². The Hall–Kier alpha value is -1.32. The Balaban J connectivity index is 2.21. The molecule has 82 valence electrons. The van der Waals surface area contributed by atoms with Crippen LogP contribution in [0.5, 0.6) is 0 Å². The molecular formula is C11H17N3O. The van der Waals surface area contributed by atoms with Crippen LogP contribution in [-0.2, 0) is 0 Å². The Labute approximate surface area is 89.3 Å². The number of hydrogen-bond acceptors (Lipinski definition) is 3. The predicted molar refractivity (Wildman–Crippen MR) is 60.1 cm³/mol. The zero-order valence-electron chi connectivity index (χ0n) is 9.29. The molecule has 0 aliphatic carbocycles. The number of hydrogen-bond donors (Lipinski definition) is 1. The van der Waals surface area contributed by atoms with Gasteiger partial charge in [-0.25, -0.2) is 4.98 Å². The Morgan fingerprint density at radius 1 is 1.53 bits per heavy atom. The first-order valence-electron chi connectivity index (χ1n) is 5.37. The molecule has 0 radical (unpaired) electrons. The van der Waals surface area contributed by atoms with Crippen molar-refractivity contribution in [2.75, 3.05) is 18.0 Å². The molecule has 1 aromatic rings. The second kappa shape index (κ2) is 3.68. The van der Waals surface area contributed by atoms with E-state index in [1.807, 2.05) is 0 Å². The number of nitrogens with one attached hydrogen (secondary N) is 1. The summed E-state index contributed by atoms with van der Waals surface area (Å²) in [4.78, 5) is 20.1. The van der Waals surface area contributed by atoms with Crippen LogP contribution in [0.3, 0.4) is 0 Å². The molecule has 15 heavy (non-hydrogen) atoms. The molecule has 0 amide bonds. The standard InChI is InChI=1S/C11H17N3O/c1-11(2)4-3-5-14(7-11)9-6-10(15)13-8-12-9/h6,8H,3-5,7H2,1-2H3,(H,12,13,15). The SMILES string of the molecule is CC1(C)CCCN(c2cc(=O)[nH]cn2)C1. The summed E-state index contributed by atoms with van der Waals surface area (Å²) in [6.45, 7) is 6.49. The second-order valence-corrected chi connectivity index (χ2v) is 4.96. The van der Waals surface area contributed by atoms with Gasteiger partial charge in [-0.15, -0.1) is 0 Å². The summed E-state index contributed by atoms with van der Waals surface area (Å²) in [6.07, 6.45) is 3.88. The summed E-state index contributed by atoms with van der Waals surface area (Å²) in [5, 5.41) is 0. The van der Waals surface area contributed by atoms with Crippen molar-refractivity contribution in [3.05, 3.63) is 22.7 Å². The minimum absolute atomic E-state index is 0.0802. The molecule has 1 aromatic heterocycles. The van der Waals surface area contributed by atoms with E-state index in [4.69, 9.17) is 0 Å². The molecule has 4 heteroatoms. The number of anilines is 1. The van der Waals surface area contributed by atoms with Gasteiger partial charge in [0.2, 0.25) is 0 Å². The van der Waals surface area contributed by atoms with Gasteiger partial charge in [0.15, 0.2) is 0 Å². The third kappa shape index (κ3) is 2.37. The van der Waals surface area contributed by atoms with Crippen molar-refractivity contribution >= 4 is 5.82 Å². The molecule has 0 bridgehead atoms. The van der Waals surface area contributed by atoms with Crippen LogP contribution in [-0.4, -0.2) is 23.1 Å². The number of nitrogens with zero attached hydrogens (tertiary/aromatic N) is 2. The molecule has 0 aromatic carbocycles. The molecule has 0 spiro atoms. The van der Waals surface area contributed by atoms with E-state index < -0.39 is 0 Å². The van der Waals surface area contributed by atoms with Crippen molar-refractivity contribution in [1.29, 1.82) is 0 Å². The quantitative estimate of drug-likeness (QED) is 0.757. The first kappa shape index (κ1) is 10.2. The van der Waals surface area contributed by atoms with Crippen LogP contribution in [0.15, 0.2) is 17.2 Å². The third-order valence-corrected chi connectivity index (χ3v) is 2.89. The fourth-order valence-corrected chi connectivity index (χ4v) is 2.15. The number of aromatic nitrogens is 2. The van der Waals surface area contributed by atoms with Crippen LogP contribution < -0.4 is 10.5 Å². The highest BCUT2D eigenvalue weighted by atomic mass is 16.1. The van der Waals surface area contributed by atoms with Gasteiger partial charge >= 0.3 is 0 Å². The summed E-state index contributed by atoms with van der Waals surface area (Å²) >= 11 is 0. The van der Waals surface area contributed by atoms with Gasteiger partial charge in [-0.2, -0.15) is 0 Å². The molecule has 2 rings (SSSR count). The van der Waals surface area contributed by atoms with E-state index in [2.05, 4.69) is 28.7 Å². The lowest BCUT2D eigenvalue weighted by molar-refractivity contribution is 0.292. The number of piperidine rings is 1. The van der Waals surface area contributed by atoms with Gasteiger partial charge in [0, 0.05) is 19.2 Å². The molecule has 1 fully saturated rings. The Morgan fingerprint density at radius 2 is 2.33 bits per heavy atom. The molecule has 2 heterocycles. The van der Waals surface area contributed by atoms with Crippen molar-refractivity contribution in [3.8, 4) is 0 Å². The van der Waals surface area contributed by atoms with E-state index in [9.17, 15) is 4.79 Å². The molecule has 0 unspecified atom stereocenters. The van der Waals surface area contributed by atoms with Crippen LogP contribution in [0, 0.1) is 5.41 Å². The summed E-state index contributed by atoms with van der Waals surface area (Å²) in [6, 6.07) is 1.57. The highest BCUT2D eigenvalue weighted by Gasteiger charge is 2.26. The Kier molecular flexibility index (Phi) is 2.50. The van der Waals surface area contributed by atoms with E-state index in [0.29, 0.717) is 5.41 Å².